The summed E-state index contributed by atoms with van der Waals surface area (Å²) in [6, 6.07) is 5.34. The average molecular weight is 433 g/mol. The highest BCUT2D eigenvalue weighted by molar-refractivity contribution is 9.25. The van der Waals surface area contributed by atoms with Gasteiger partial charge in [-0.25, -0.2) is 9.50 Å². The molecule has 0 aliphatic carbocycles. The number of halogens is 2. The van der Waals surface area contributed by atoms with Crippen LogP contribution in [-0.4, -0.2) is 46.9 Å². The molecule has 2 aromatic rings. The number of nitrogen functional groups attached to an aromatic ring is 1. The zero-order valence-corrected chi connectivity index (χ0v) is 14.2. The van der Waals surface area contributed by atoms with E-state index in [0.717, 1.165) is 0 Å². The van der Waals surface area contributed by atoms with E-state index in [-0.39, 0.29) is 5.82 Å². The second kappa shape index (κ2) is 5.14. The van der Waals surface area contributed by atoms with Gasteiger partial charge in [0.05, 0.1) is 12.3 Å². The summed E-state index contributed by atoms with van der Waals surface area (Å²) in [6.45, 7) is -0.440. The predicted octanol–water partition coefficient (Wildman–Crippen LogP) is 0.268. The van der Waals surface area contributed by atoms with Gasteiger partial charge < -0.3 is 20.7 Å². The number of hydrogen-bond donors (Lipinski definition) is 3. The molecule has 0 spiro atoms. The molecule has 0 radical (unpaired) electrons. The number of rotatable bonds is 2. The Labute approximate surface area is 141 Å². The summed E-state index contributed by atoms with van der Waals surface area (Å²) in [5.74, 6) is 0.251. The summed E-state index contributed by atoms with van der Waals surface area (Å²) in [6.07, 6.45) is -0.847. The normalized spacial score (nSPS) is 30.5. The van der Waals surface area contributed by atoms with Crippen LogP contribution in [0.4, 0.5) is 5.82 Å². The minimum atomic E-state index is -1.63. The van der Waals surface area contributed by atoms with Crippen molar-refractivity contribution in [1.29, 1.82) is 5.26 Å². The van der Waals surface area contributed by atoms with Gasteiger partial charge in [-0.05, 0) is 12.1 Å². The van der Waals surface area contributed by atoms with Crippen molar-refractivity contribution in [3.63, 3.8) is 0 Å². The van der Waals surface area contributed by atoms with Crippen molar-refractivity contribution in [2.24, 2.45) is 0 Å². The second-order valence-electron chi connectivity index (χ2n) is 4.86. The summed E-state index contributed by atoms with van der Waals surface area (Å²) in [7, 11) is 0. The number of fused-ring (bicyclic) bond motifs is 1. The lowest BCUT2D eigenvalue weighted by Gasteiger charge is -2.31. The molecule has 10 heteroatoms. The molecule has 4 N–H and O–H groups in total. The summed E-state index contributed by atoms with van der Waals surface area (Å²) in [4.78, 5) is 3.89. The Hall–Kier alpha value is -1.25. The van der Waals surface area contributed by atoms with E-state index >= 15 is 0 Å². The first-order valence-electron chi connectivity index (χ1n) is 6.23. The summed E-state index contributed by atoms with van der Waals surface area (Å²) < 4.78 is 5.79. The smallest absolute Gasteiger partial charge is 0.224 e. The molecule has 22 heavy (non-hydrogen) atoms. The molecule has 2 aromatic heterocycles. The van der Waals surface area contributed by atoms with Crippen LogP contribution >= 0.6 is 31.9 Å². The molecule has 0 aromatic carbocycles. The number of hydrogen-bond acceptors (Lipinski definition) is 7. The number of aromatic nitrogens is 3. The number of aliphatic hydroxyl groups excluding tert-OH is 2. The maximum Gasteiger partial charge on any atom is 0.224 e. The monoisotopic (exact) mass is 431 g/mol. The van der Waals surface area contributed by atoms with Crippen molar-refractivity contribution >= 4 is 43.2 Å². The Morgan fingerprint density at radius 3 is 2.82 bits per heavy atom. The van der Waals surface area contributed by atoms with E-state index in [9.17, 15) is 15.5 Å². The van der Waals surface area contributed by atoms with Crippen molar-refractivity contribution in [3.05, 3.63) is 24.2 Å². The first kappa shape index (κ1) is 15.6. The van der Waals surface area contributed by atoms with E-state index in [2.05, 4.69) is 48.0 Å². The van der Waals surface area contributed by atoms with Gasteiger partial charge in [-0.15, -0.1) is 0 Å². The first-order valence-corrected chi connectivity index (χ1v) is 7.82. The Morgan fingerprint density at radius 1 is 1.50 bits per heavy atom. The van der Waals surface area contributed by atoms with Gasteiger partial charge in [0.2, 0.25) is 5.60 Å². The molecule has 3 rings (SSSR count). The van der Waals surface area contributed by atoms with Gasteiger partial charge in [-0.1, -0.05) is 31.9 Å². The highest BCUT2D eigenvalue weighted by atomic mass is 79.9. The van der Waals surface area contributed by atoms with E-state index in [0.29, 0.717) is 11.2 Å². The van der Waals surface area contributed by atoms with E-state index < -0.39 is 27.6 Å². The molecule has 1 unspecified atom stereocenters. The third-order valence-electron chi connectivity index (χ3n) is 3.70. The molecule has 1 saturated heterocycles. The number of nitrogens with zero attached hydrogens (tertiary/aromatic N) is 4. The summed E-state index contributed by atoms with van der Waals surface area (Å²) in [5.41, 5.74) is 5.02. The number of ether oxygens (including phenoxy) is 1. The van der Waals surface area contributed by atoms with Crippen molar-refractivity contribution in [2.75, 3.05) is 12.3 Å². The lowest BCUT2D eigenvalue weighted by atomic mass is 9.95. The van der Waals surface area contributed by atoms with Crippen LogP contribution in [0.3, 0.4) is 0 Å². The van der Waals surface area contributed by atoms with Gasteiger partial charge in [0.15, 0.2) is 9.05 Å². The van der Waals surface area contributed by atoms with Gasteiger partial charge in [-0.2, -0.15) is 10.4 Å². The third kappa shape index (κ3) is 1.83. The van der Waals surface area contributed by atoms with E-state index in [1.807, 2.05) is 0 Å². The van der Waals surface area contributed by atoms with Crippen LogP contribution in [0, 0.1) is 11.3 Å². The molecule has 1 aliphatic rings. The Balaban J connectivity index is 2.27. The number of anilines is 1. The number of alkyl halides is 2. The third-order valence-corrected chi connectivity index (χ3v) is 5.76. The van der Waals surface area contributed by atoms with Gasteiger partial charge in [0.25, 0.3) is 0 Å². The molecule has 0 bridgehead atoms. The van der Waals surface area contributed by atoms with E-state index in [1.165, 1.54) is 10.8 Å². The Bertz CT molecular complexity index is 774. The Kier molecular flexibility index (Phi) is 3.65. The van der Waals surface area contributed by atoms with Gasteiger partial charge >= 0.3 is 0 Å². The zero-order chi connectivity index (χ0) is 16.1. The molecule has 0 amide bonds. The SMILES string of the molecule is N#C[C@@]1(c2ccc3c(N)ncnn23)O[C@H](CO)C(O)C1(Br)Br. The van der Waals surface area contributed by atoms with Gasteiger partial charge in [0, 0.05) is 0 Å². The van der Waals surface area contributed by atoms with Crippen molar-refractivity contribution < 1.29 is 14.9 Å². The van der Waals surface area contributed by atoms with Crippen molar-refractivity contribution in [3.8, 4) is 6.07 Å². The maximum absolute atomic E-state index is 10.3. The van der Waals surface area contributed by atoms with Crippen molar-refractivity contribution in [2.45, 2.75) is 21.0 Å². The maximum atomic E-state index is 10.3. The molecule has 0 saturated carbocycles. The molecular weight excluding hydrogens is 422 g/mol. The minimum Gasteiger partial charge on any atom is -0.394 e. The minimum absolute atomic E-state index is 0.251. The standard InChI is InChI=1S/C12H11Br2N5O3/c13-12(14)9(21)7(3-20)22-11(12,4-15)8-2-1-6-10(16)17-5-18-19(6)8/h1-2,5,7,9,20-21H,3H2,(H2,16,17,18)/t7-,9?,11+/m1/s1. The summed E-state index contributed by atoms with van der Waals surface area (Å²) >= 11 is 6.64. The molecule has 8 nitrogen and oxygen atoms in total. The summed E-state index contributed by atoms with van der Waals surface area (Å²) in [5, 5.41) is 33.5. The van der Waals surface area contributed by atoms with Crippen molar-refractivity contribution in [1.82, 2.24) is 14.6 Å². The van der Waals surface area contributed by atoms with Gasteiger partial charge in [0.1, 0.15) is 30.1 Å². The van der Waals surface area contributed by atoms with Crippen LogP contribution in [0.5, 0.6) is 0 Å². The largest absolute Gasteiger partial charge is 0.394 e. The van der Waals surface area contributed by atoms with Crippen LogP contribution in [0.15, 0.2) is 18.5 Å². The molecule has 116 valence electrons. The number of aliphatic hydroxyl groups is 2. The molecule has 3 atom stereocenters. The molecular formula is C12H11Br2N5O3. The fourth-order valence-electron chi connectivity index (χ4n) is 2.56. The van der Waals surface area contributed by atoms with E-state index in [4.69, 9.17) is 10.5 Å². The predicted molar refractivity (Wildman–Crippen MR) is 83.2 cm³/mol. The molecule has 3 heterocycles. The highest BCUT2D eigenvalue weighted by Crippen LogP contribution is 2.55. The Morgan fingerprint density at radius 2 is 2.23 bits per heavy atom. The van der Waals surface area contributed by atoms with E-state index in [1.54, 1.807) is 12.1 Å². The topological polar surface area (TPSA) is 130 Å². The number of nitriles is 1. The lowest BCUT2D eigenvalue weighted by molar-refractivity contribution is -0.0519. The van der Waals surface area contributed by atoms with Gasteiger partial charge in [-0.3, -0.25) is 0 Å². The fraction of sp³-hybridized carbons (Fsp3) is 0.417. The molecule has 1 aliphatic heterocycles. The zero-order valence-electron chi connectivity index (χ0n) is 11.0. The first-order chi connectivity index (χ1) is 10.4. The quantitative estimate of drug-likeness (QED) is 0.580. The van der Waals surface area contributed by atoms with Crippen LogP contribution in [0.2, 0.25) is 0 Å². The second-order valence-corrected chi connectivity index (χ2v) is 8.43. The highest BCUT2D eigenvalue weighted by Gasteiger charge is 2.66. The number of nitrogens with two attached hydrogens (primary N) is 1. The molecule has 1 fully saturated rings. The van der Waals surface area contributed by atoms with Crippen LogP contribution in [0.1, 0.15) is 5.69 Å². The van der Waals surface area contributed by atoms with Crippen LogP contribution in [-0.2, 0) is 10.3 Å². The van der Waals surface area contributed by atoms with Crippen LogP contribution < -0.4 is 5.73 Å². The average Bonchev–Trinajstić information content (AvgIpc) is 3.01. The van der Waals surface area contributed by atoms with Crippen LogP contribution in [0.25, 0.3) is 5.52 Å². The fourth-order valence-corrected chi connectivity index (χ4v) is 3.92. The lowest BCUT2D eigenvalue weighted by Crippen LogP contribution is -2.44.